The Kier molecular flexibility index (Phi) is 8.29. The van der Waals surface area contributed by atoms with Crippen molar-refractivity contribution >= 4 is 31.6 Å². The molecule has 9 heteroatoms. The van der Waals surface area contributed by atoms with Gasteiger partial charge in [-0.25, -0.2) is 16.8 Å². The van der Waals surface area contributed by atoms with Crippen molar-refractivity contribution in [3.63, 3.8) is 0 Å². The molecule has 0 N–H and O–H groups in total. The Bertz CT molecular complexity index is 1320. The molecule has 1 aliphatic rings. The van der Waals surface area contributed by atoms with Crippen LogP contribution in [0.25, 0.3) is 0 Å². The zero-order valence-corrected chi connectivity index (χ0v) is 21.8. The van der Waals surface area contributed by atoms with Gasteiger partial charge in [-0.05, 0) is 60.4 Å². The number of hydrogen-bond donors (Lipinski definition) is 0. The molecule has 4 rings (SSSR count). The van der Waals surface area contributed by atoms with Crippen molar-refractivity contribution in [1.29, 1.82) is 0 Å². The lowest BCUT2D eigenvalue weighted by molar-refractivity contribution is 0.401. The molecule has 0 spiro atoms. The van der Waals surface area contributed by atoms with E-state index in [0.29, 0.717) is 18.1 Å². The van der Waals surface area contributed by atoms with Gasteiger partial charge in [-0.1, -0.05) is 66.9 Å². The summed E-state index contributed by atoms with van der Waals surface area (Å²) in [6, 6.07) is 22.0. The summed E-state index contributed by atoms with van der Waals surface area (Å²) in [5.41, 5.74) is 1.65. The highest BCUT2D eigenvalue weighted by molar-refractivity contribution is 7.89. The topological polar surface area (TPSA) is 74.8 Å². The summed E-state index contributed by atoms with van der Waals surface area (Å²) in [5, 5.41) is 0.576. The van der Waals surface area contributed by atoms with Gasteiger partial charge in [0.25, 0.3) is 0 Å². The normalized spacial score (nSPS) is 15.7. The van der Waals surface area contributed by atoms with E-state index in [2.05, 4.69) is 0 Å². The highest BCUT2D eigenvalue weighted by Crippen LogP contribution is 2.25. The minimum absolute atomic E-state index is 0.0530. The molecule has 186 valence electrons. The highest BCUT2D eigenvalue weighted by Gasteiger charge is 2.28. The molecule has 0 unspecified atom stereocenters. The van der Waals surface area contributed by atoms with Crippen molar-refractivity contribution in [3.8, 4) is 0 Å². The van der Waals surface area contributed by atoms with Crippen molar-refractivity contribution in [2.45, 2.75) is 48.6 Å². The first-order chi connectivity index (χ1) is 16.8. The van der Waals surface area contributed by atoms with Crippen LogP contribution in [-0.4, -0.2) is 38.5 Å². The number of sulfonamides is 2. The zero-order chi connectivity index (χ0) is 24.9. The van der Waals surface area contributed by atoms with E-state index in [4.69, 9.17) is 11.6 Å². The number of benzene rings is 3. The summed E-state index contributed by atoms with van der Waals surface area (Å²) < 4.78 is 56.4. The average molecular weight is 533 g/mol. The minimum atomic E-state index is -3.91. The lowest BCUT2D eigenvalue weighted by Gasteiger charge is -2.23. The lowest BCUT2D eigenvalue weighted by atomic mass is 10.2. The molecule has 3 aromatic rings. The Labute approximate surface area is 213 Å². The van der Waals surface area contributed by atoms with Gasteiger partial charge in [0.15, 0.2) is 0 Å². The first kappa shape index (κ1) is 25.9. The predicted molar refractivity (Wildman–Crippen MR) is 138 cm³/mol. The van der Waals surface area contributed by atoms with Gasteiger partial charge in [0.05, 0.1) is 9.79 Å². The van der Waals surface area contributed by atoms with Gasteiger partial charge in [-0.15, -0.1) is 0 Å². The van der Waals surface area contributed by atoms with E-state index in [9.17, 15) is 16.8 Å². The summed E-state index contributed by atoms with van der Waals surface area (Å²) in [6.45, 7) is 1.32. The molecule has 0 bridgehead atoms. The monoisotopic (exact) mass is 532 g/mol. The fraction of sp³-hybridized carbons (Fsp3) is 0.308. The molecule has 6 nitrogen and oxygen atoms in total. The van der Waals surface area contributed by atoms with Crippen LogP contribution >= 0.6 is 11.6 Å². The second kappa shape index (κ2) is 11.2. The van der Waals surface area contributed by atoms with E-state index >= 15 is 0 Å². The van der Waals surface area contributed by atoms with Gasteiger partial charge in [0.1, 0.15) is 0 Å². The molecule has 35 heavy (non-hydrogen) atoms. The van der Waals surface area contributed by atoms with Crippen molar-refractivity contribution in [3.05, 3.63) is 95.0 Å². The minimum Gasteiger partial charge on any atom is -0.207 e. The van der Waals surface area contributed by atoms with Crippen LogP contribution in [0.15, 0.2) is 88.7 Å². The zero-order valence-electron chi connectivity index (χ0n) is 19.4. The first-order valence-electron chi connectivity index (χ1n) is 11.7. The van der Waals surface area contributed by atoms with E-state index in [0.717, 1.165) is 36.8 Å². The van der Waals surface area contributed by atoms with Crippen molar-refractivity contribution in [2.75, 3.05) is 13.1 Å². The summed E-state index contributed by atoms with van der Waals surface area (Å²) in [5.74, 6) is 0. The highest BCUT2D eigenvalue weighted by atomic mass is 35.5. The quantitative estimate of drug-likeness (QED) is 0.395. The fourth-order valence-corrected chi connectivity index (χ4v) is 7.23. The summed E-state index contributed by atoms with van der Waals surface area (Å²) in [7, 11) is -7.57. The van der Waals surface area contributed by atoms with E-state index in [-0.39, 0.29) is 22.9 Å². The van der Waals surface area contributed by atoms with E-state index in [1.54, 1.807) is 24.3 Å². The molecule has 0 atom stereocenters. The molecule has 0 amide bonds. The third-order valence-corrected chi connectivity index (χ3v) is 10.1. The summed E-state index contributed by atoms with van der Waals surface area (Å²) >= 11 is 6.00. The van der Waals surface area contributed by atoms with Crippen molar-refractivity contribution in [2.24, 2.45) is 0 Å². The molecule has 3 aromatic carbocycles. The standard InChI is InChI=1S/C26H29ClN2O4S2/c27-24-12-10-23(11-13-24)21-29(20-22-8-4-3-5-9-22)35(32,33)26-16-14-25(15-17-26)34(30,31)28-18-6-1-2-7-19-28/h3-5,8-17H,1-2,6-7,18-21H2. The third-order valence-electron chi connectivity index (χ3n) is 6.14. The van der Waals surface area contributed by atoms with Gasteiger partial charge in [0.2, 0.25) is 20.0 Å². The third kappa shape index (κ3) is 6.32. The van der Waals surface area contributed by atoms with E-state index in [1.165, 1.54) is 32.9 Å². The lowest BCUT2D eigenvalue weighted by Crippen LogP contribution is -2.32. The van der Waals surface area contributed by atoms with Crippen LogP contribution in [-0.2, 0) is 33.1 Å². The molecule has 0 radical (unpaired) electrons. The largest absolute Gasteiger partial charge is 0.243 e. The maximum atomic E-state index is 13.7. The van der Waals surface area contributed by atoms with Gasteiger partial charge >= 0.3 is 0 Å². The predicted octanol–water partition coefficient (Wildman–Crippen LogP) is 5.30. The van der Waals surface area contributed by atoms with Crippen LogP contribution in [0.5, 0.6) is 0 Å². The molecule has 0 aliphatic carbocycles. The van der Waals surface area contributed by atoms with Crippen molar-refractivity contribution < 1.29 is 16.8 Å². The first-order valence-corrected chi connectivity index (χ1v) is 14.9. The van der Waals surface area contributed by atoms with Crippen LogP contribution < -0.4 is 0 Å². The molecular weight excluding hydrogens is 504 g/mol. The second-order valence-corrected chi connectivity index (χ2v) is 13.0. The maximum Gasteiger partial charge on any atom is 0.243 e. The SMILES string of the molecule is O=S(=O)(c1ccc(S(=O)(=O)N(Cc2ccccc2)Cc2ccc(Cl)cc2)cc1)N1CCCCCC1. The molecule has 1 aliphatic heterocycles. The number of halogens is 1. The van der Waals surface area contributed by atoms with Crippen molar-refractivity contribution in [1.82, 2.24) is 8.61 Å². The van der Waals surface area contributed by atoms with Gasteiger partial charge < -0.3 is 0 Å². The van der Waals surface area contributed by atoms with Gasteiger partial charge in [0, 0.05) is 31.2 Å². The Morgan fingerprint density at radius 3 is 1.74 bits per heavy atom. The molecule has 1 heterocycles. The van der Waals surface area contributed by atoms with Crippen LogP contribution in [0.4, 0.5) is 0 Å². The van der Waals surface area contributed by atoms with Crippen LogP contribution in [0.2, 0.25) is 5.02 Å². The molecule has 1 fully saturated rings. The Morgan fingerprint density at radius 2 is 1.17 bits per heavy atom. The Balaban J connectivity index is 1.62. The average Bonchev–Trinajstić information content (AvgIpc) is 3.16. The van der Waals surface area contributed by atoms with E-state index in [1.807, 2.05) is 30.3 Å². The van der Waals surface area contributed by atoms with Crippen LogP contribution in [0.1, 0.15) is 36.8 Å². The Hall–Kier alpha value is -2.23. The molecule has 0 aromatic heterocycles. The summed E-state index contributed by atoms with van der Waals surface area (Å²) in [4.78, 5) is 0.169. The smallest absolute Gasteiger partial charge is 0.207 e. The fourth-order valence-electron chi connectivity index (χ4n) is 4.17. The molecule has 1 saturated heterocycles. The van der Waals surface area contributed by atoms with Gasteiger partial charge in [-0.2, -0.15) is 8.61 Å². The number of hydrogen-bond acceptors (Lipinski definition) is 4. The maximum absolute atomic E-state index is 13.7. The summed E-state index contributed by atoms with van der Waals surface area (Å²) in [6.07, 6.45) is 3.72. The number of rotatable bonds is 8. The second-order valence-electron chi connectivity index (χ2n) is 8.67. The van der Waals surface area contributed by atoms with E-state index < -0.39 is 20.0 Å². The van der Waals surface area contributed by atoms with Gasteiger partial charge in [-0.3, -0.25) is 0 Å². The molecular formula is C26H29ClN2O4S2. The number of nitrogens with zero attached hydrogens (tertiary/aromatic N) is 2. The van der Waals surface area contributed by atoms with Crippen LogP contribution in [0.3, 0.4) is 0 Å². The molecule has 0 saturated carbocycles. The Morgan fingerprint density at radius 1 is 0.657 bits per heavy atom. The van der Waals surface area contributed by atoms with Crippen LogP contribution in [0, 0.1) is 0 Å².